The Morgan fingerprint density at radius 1 is 1.00 bits per heavy atom. The summed E-state index contributed by atoms with van der Waals surface area (Å²) in [5.41, 5.74) is 2.65. The van der Waals surface area contributed by atoms with Crippen LogP contribution in [0.15, 0.2) is 71.6 Å². The van der Waals surface area contributed by atoms with Crippen LogP contribution < -0.4 is 14.4 Å². The van der Waals surface area contributed by atoms with E-state index in [4.69, 9.17) is 16.3 Å². The van der Waals surface area contributed by atoms with Gasteiger partial charge in [-0.3, -0.25) is 9.10 Å². The van der Waals surface area contributed by atoms with E-state index in [1.54, 1.807) is 54.6 Å². The van der Waals surface area contributed by atoms with Gasteiger partial charge in [0.15, 0.2) is 0 Å². The second kappa shape index (κ2) is 9.41. The van der Waals surface area contributed by atoms with Crippen molar-refractivity contribution in [1.82, 2.24) is 0 Å². The summed E-state index contributed by atoms with van der Waals surface area (Å²) in [6.45, 7) is 3.32. The molecular formula is C23H23ClN2O4S. The van der Waals surface area contributed by atoms with Gasteiger partial charge in [0, 0.05) is 10.7 Å². The largest absolute Gasteiger partial charge is 0.497 e. The van der Waals surface area contributed by atoms with E-state index in [9.17, 15) is 13.2 Å². The number of nitrogens with one attached hydrogen (secondary N) is 1. The van der Waals surface area contributed by atoms with Crippen LogP contribution in [0.25, 0.3) is 0 Å². The van der Waals surface area contributed by atoms with Gasteiger partial charge in [-0.15, -0.1) is 0 Å². The van der Waals surface area contributed by atoms with Crippen LogP contribution in [0.1, 0.15) is 11.1 Å². The Morgan fingerprint density at radius 3 is 2.23 bits per heavy atom. The lowest BCUT2D eigenvalue weighted by Gasteiger charge is -2.24. The van der Waals surface area contributed by atoms with Crippen LogP contribution in [0.4, 0.5) is 11.4 Å². The minimum Gasteiger partial charge on any atom is -0.497 e. The van der Waals surface area contributed by atoms with Crippen LogP contribution in [0.2, 0.25) is 5.02 Å². The number of carbonyl (C=O) groups excluding carboxylic acids is 1. The molecule has 1 amide bonds. The SMILES string of the molecule is COc1ccc(N(CC(=O)Nc2ccc(C)c(Cl)c2)S(=O)(=O)c2ccc(C)cc2)cc1. The van der Waals surface area contributed by atoms with E-state index < -0.39 is 22.5 Å². The van der Waals surface area contributed by atoms with Crippen LogP contribution in [-0.4, -0.2) is 28.0 Å². The average Bonchev–Trinajstić information content (AvgIpc) is 2.75. The van der Waals surface area contributed by atoms with Gasteiger partial charge >= 0.3 is 0 Å². The molecule has 0 aliphatic carbocycles. The maximum absolute atomic E-state index is 13.4. The molecule has 1 N–H and O–H groups in total. The summed E-state index contributed by atoms with van der Waals surface area (Å²) in [5, 5.41) is 3.22. The van der Waals surface area contributed by atoms with Crippen molar-refractivity contribution in [1.29, 1.82) is 0 Å². The maximum atomic E-state index is 13.4. The number of methoxy groups -OCH3 is 1. The smallest absolute Gasteiger partial charge is 0.264 e. The monoisotopic (exact) mass is 458 g/mol. The molecule has 6 nitrogen and oxygen atoms in total. The molecule has 0 aliphatic rings. The molecule has 3 rings (SSSR count). The second-order valence-electron chi connectivity index (χ2n) is 7.03. The Morgan fingerprint density at radius 2 is 1.65 bits per heavy atom. The molecule has 0 aliphatic heterocycles. The Kier molecular flexibility index (Phi) is 6.87. The number of halogens is 1. The van der Waals surface area contributed by atoms with Gasteiger partial charge in [-0.2, -0.15) is 0 Å². The molecule has 3 aromatic rings. The molecule has 0 spiro atoms. The van der Waals surface area contributed by atoms with Crippen molar-refractivity contribution in [2.45, 2.75) is 18.7 Å². The summed E-state index contributed by atoms with van der Waals surface area (Å²) in [6, 6.07) is 18.1. The summed E-state index contributed by atoms with van der Waals surface area (Å²) in [7, 11) is -2.46. The number of amides is 1. The summed E-state index contributed by atoms with van der Waals surface area (Å²) in [5.74, 6) is 0.0848. The Bertz CT molecular complexity index is 1180. The zero-order valence-electron chi connectivity index (χ0n) is 17.4. The molecule has 0 fully saturated rings. The molecule has 0 saturated carbocycles. The van der Waals surface area contributed by atoms with E-state index in [2.05, 4.69) is 5.32 Å². The first-order valence-corrected chi connectivity index (χ1v) is 11.3. The van der Waals surface area contributed by atoms with E-state index in [1.165, 1.54) is 19.2 Å². The summed E-state index contributed by atoms with van der Waals surface area (Å²) in [6.07, 6.45) is 0. The number of sulfonamides is 1. The van der Waals surface area contributed by atoms with Crippen molar-refractivity contribution in [3.63, 3.8) is 0 Å². The Labute approximate surface area is 187 Å². The lowest BCUT2D eigenvalue weighted by atomic mass is 10.2. The molecular weight excluding hydrogens is 436 g/mol. The van der Waals surface area contributed by atoms with E-state index >= 15 is 0 Å². The van der Waals surface area contributed by atoms with Crippen molar-refractivity contribution in [3.05, 3.63) is 82.9 Å². The molecule has 0 heterocycles. The molecule has 0 radical (unpaired) electrons. The zero-order valence-corrected chi connectivity index (χ0v) is 19.0. The molecule has 31 heavy (non-hydrogen) atoms. The minimum atomic E-state index is -3.99. The quantitative estimate of drug-likeness (QED) is 0.551. The van der Waals surface area contributed by atoms with Crippen molar-refractivity contribution in [2.75, 3.05) is 23.3 Å². The second-order valence-corrected chi connectivity index (χ2v) is 9.30. The third-order valence-corrected chi connectivity index (χ3v) is 6.91. The van der Waals surface area contributed by atoms with Gasteiger partial charge in [-0.25, -0.2) is 8.42 Å². The van der Waals surface area contributed by atoms with Gasteiger partial charge < -0.3 is 10.1 Å². The Balaban J connectivity index is 1.93. The number of nitrogens with zero attached hydrogens (tertiary/aromatic N) is 1. The molecule has 0 aromatic heterocycles. The fourth-order valence-electron chi connectivity index (χ4n) is 2.90. The molecule has 3 aromatic carbocycles. The third-order valence-electron chi connectivity index (χ3n) is 4.71. The van der Waals surface area contributed by atoms with E-state index in [1.807, 2.05) is 13.8 Å². The van der Waals surface area contributed by atoms with Gasteiger partial charge in [0.25, 0.3) is 10.0 Å². The average molecular weight is 459 g/mol. The first-order valence-electron chi connectivity index (χ1n) is 9.50. The first kappa shape index (κ1) is 22.7. The number of hydrogen-bond donors (Lipinski definition) is 1. The number of benzene rings is 3. The van der Waals surface area contributed by atoms with Gasteiger partial charge in [-0.1, -0.05) is 35.4 Å². The third kappa shape index (κ3) is 5.37. The van der Waals surface area contributed by atoms with Crippen LogP contribution in [0.5, 0.6) is 5.75 Å². The summed E-state index contributed by atoms with van der Waals surface area (Å²) in [4.78, 5) is 12.9. The van der Waals surface area contributed by atoms with Crippen LogP contribution >= 0.6 is 11.6 Å². The molecule has 8 heteroatoms. The highest BCUT2D eigenvalue weighted by atomic mass is 35.5. The highest BCUT2D eigenvalue weighted by molar-refractivity contribution is 7.92. The number of anilines is 2. The van der Waals surface area contributed by atoms with Crippen molar-refractivity contribution < 1.29 is 17.9 Å². The minimum absolute atomic E-state index is 0.0973. The van der Waals surface area contributed by atoms with Crippen LogP contribution in [-0.2, 0) is 14.8 Å². The Hall–Kier alpha value is -3.03. The predicted octanol–water partition coefficient (Wildman–Crippen LogP) is 4.80. The van der Waals surface area contributed by atoms with Crippen LogP contribution in [0, 0.1) is 13.8 Å². The molecule has 0 atom stereocenters. The van der Waals surface area contributed by atoms with E-state index in [0.717, 1.165) is 15.4 Å². The van der Waals surface area contributed by atoms with Gasteiger partial charge in [-0.05, 0) is 67.9 Å². The molecule has 0 bridgehead atoms. The maximum Gasteiger partial charge on any atom is 0.264 e. The summed E-state index contributed by atoms with van der Waals surface area (Å²) >= 11 is 6.12. The molecule has 0 unspecified atom stereocenters. The van der Waals surface area contributed by atoms with Crippen LogP contribution in [0.3, 0.4) is 0 Å². The van der Waals surface area contributed by atoms with Gasteiger partial charge in [0.2, 0.25) is 5.91 Å². The van der Waals surface area contributed by atoms with Crippen molar-refractivity contribution in [2.24, 2.45) is 0 Å². The van der Waals surface area contributed by atoms with Crippen molar-refractivity contribution in [3.8, 4) is 5.75 Å². The fraction of sp³-hybridized carbons (Fsp3) is 0.174. The number of rotatable bonds is 7. The predicted molar refractivity (Wildman–Crippen MR) is 124 cm³/mol. The standard InChI is InChI=1S/C23H23ClN2O4S/c1-16-4-12-21(13-5-16)31(28,29)26(19-8-10-20(30-3)11-9-19)15-23(27)25-18-7-6-17(2)22(24)14-18/h4-14H,15H2,1-3H3,(H,25,27). The molecule has 0 saturated heterocycles. The number of carbonyl (C=O) groups is 1. The highest BCUT2D eigenvalue weighted by Crippen LogP contribution is 2.26. The number of aryl methyl sites for hydroxylation is 2. The zero-order chi connectivity index (χ0) is 22.6. The van der Waals surface area contributed by atoms with E-state index in [-0.39, 0.29) is 4.90 Å². The van der Waals surface area contributed by atoms with Crippen molar-refractivity contribution >= 4 is 38.9 Å². The normalized spacial score (nSPS) is 11.1. The highest BCUT2D eigenvalue weighted by Gasteiger charge is 2.27. The van der Waals surface area contributed by atoms with E-state index in [0.29, 0.717) is 22.1 Å². The first-order chi connectivity index (χ1) is 14.7. The number of ether oxygens (including phenoxy) is 1. The van der Waals surface area contributed by atoms with Gasteiger partial charge in [0.1, 0.15) is 12.3 Å². The number of hydrogen-bond acceptors (Lipinski definition) is 4. The van der Waals surface area contributed by atoms with Gasteiger partial charge in [0.05, 0.1) is 17.7 Å². The molecule has 162 valence electrons. The lowest BCUT2D eigenvalue weighted by molar-refractivity contribution is -0.114. The fourth-order valence-corrected chi connectivity index (χ4v) is 4.50. The topological polar surface area (TPSA) is 75.7 Å². The lowest BCUT2D eigenvalue weighted by Crippen LogP contribution is -2.38. The summed E-state index contributed by atoms with van der Waals surface area (Å²) < 4.78 is 33.0.